The molecule has 4 heteroatoms. The van der Waals surface area contributed by atoms with Gasteiger partial charge >= 0.3 is 0 Å². The van der Waals surface area contributed by atoms with E-state index in [1.54, 1.807) is 7.11 Å². The molecule has 0 aromatic rings. The number of nitrogens with zero attached hydrogens (tertiary/aromatic N) is 1. The van der Waals surface area contributed by atoms with Crippen molar-refractivity contribution in [3.8, 4) is 0 Å². The molecule has 1 atom stereocenters. The van der Waals surface area contributed by atoms with Gasteiger partial charge in [-0.05, 0) is 32.7 Å². The van der Waals surface area contributed by atoms with Crippen LogP contribution in [-0.2, 0) is 9.53 Å². The first-order valence-electron chi connectivity index (χ1n) is 6.74. The molecule has 0 aliphatic heterocycles. The van der Waals surface area contributed by atoms with Crippen LogP contribution < -0.4 is 5.73 Å². The molecule has 0 aromatic carbocycles. The van der Waals surface area contributed by atoms with Crippen molar-refractivity contribution >= 4 is 5.91 Å². The largest absolute Gasteiger partial charge is 0.372 e. The first kappa shape index (κ1) is 14.5. The Balaban J connectivity index is 2.60. The highest BCUT2D eigenvalue weighted by Crippen LogP contribution is 2.23. The molecule has 0 spiro atoms. The van der Waals surface area contributed by atoms with E-state index in [0.29, 0.717) is 12.6 Å². The second-order valence-electron chi connectivity index (χ2n) is 4.84. The fraction of sp³-hybridized carbons (Fsp3) is 0.923. The first-order chi connectivity index (χ1) is 8.20. The van der Waals surface area contributed by atoms with Crippen LogP contribution in [0.4, 0.5) is 0 Å². The summed E-state index contributed by atoms with van der Waals surface area (Å²) in [7, 11) is 1.59. The van der Waals surface area contributed by atoms with E-state index in [-0.39, 0.29) is 12.0 Å². The van der Waals surface area contributed by atoms with E-state index in [4.69, 9.17) is 10.5 Å². The molecule has 100 valence electrons. The number of rotatable bonds is 6. The maximum absolute atomic E-state index is 12.2. The average molecular weight is 242 g/mol. The normalized spacial score (nSPS) is 19.0. The van der Waals surface area contributed by atoms with Crippen LogP contribution in [0.25, 0.3) is 0 Å². The van der Waals surface area contributed by atoms with Gasteiger partial charge < -0.3 is 15.4 Å². The molecule has 1 rings (SSSR count). The van der Waals surface area contributed by atoms with Crippen LogP contribution in [0.3, 0.4) is 0 Å². The minimum atomic E-state index is -0.338. The number of hydrogen-bond donors (Lipinski definition) is 1. The smallest absolute Gasteiger partial charge is 0.251 e. The van der Waals surface area contributed by atoms with Crippen LogP contribution in [0.15, 0.2) is 0 Å². The molecule has 2 N–H and O–H groups in total. The maximum atomic E-state index is 12.2. The summed E-state index contributed by atoms with van der Waals surface area (Å²) in [4.78, 5) is 14.2. The lowest BCUT2D eigenvalue weighted by molar-refractivity contribution is -0.144. The molecular weight excluding hydrogens is 216 g/mol. The van der Waals surface area contributed by atoms with Crippen LogP contribution in [0.2, 0.25) is 0 Å². The van der Waals surface area contributed by atoms with Gasteiger partial charge in [-0.1, -0.05) is 19.3 Å². The molecule has 1 aliphatic carbocycles. The van der Waals surface area contributed by atoms with Gasteiger partial charge in [-0.15, -0.1) is 0 Å². The quantitative estimate of drug-likeness (QED) is 0.768. The van der Waals surface area contributed by atoms with Crippen LogP contribution in [-0.4, -0.2) is 43.2 Å². The van der Waals surface area contributed by atoms with Crippen LogP contribution in [0.1, 0.15) is 45.4 Å². The SMILES string of the molecule is COC(C)C(=O)N(CCCN)C1CCCCC1. The Labute approximate surface area is 104 Å². The fourth-order valence-electron chi connectivity index (χ4n) is 2.46. The van der Waals surface area contributed by atoms with Gasteiger partial charge in [0.05, 0.1) is 0 Å². The van der Waals surface area contributed by atoms with Gasteiger partial charge in [-0.25, -0.2) is 0 Å². The van der Waals surface area contributed by atoms with Gasteiger partial charge in [-0.3, -0.25) is 4.79 Å². The summed E-state index contributed by atoms with van der Waals surface area (Å²) < 4.78 is 5.14. The summed E-state index contributed by atoms with van der Waals surface area (Å²) in [5.74, 6) is 0.118. The van der Waals surface area contributed by atoms with Crippen molar-refractivity contribution in [3.63, 3.8) is 0 Å². The molecule has 4 nitrogen and oxygen atoms in total. The summed E-state index contributed by atoms with van der Waals surface area (Å²) in [5.41, 5.74) is 5.55. The highest BCUT2D eigenvalue weighted by Gasteiger charge is 2.27. The summed E-state index contributed by atoms with van der Waals surface area (Å²) in [5, 5.41) is 0. The standard InChI is InChI=1S/C13H26N2O2/c1-11(17-2)13(16)15(10-6-9-14)12-7-4-3-5-8-12/h11-12H,3-10,14H2,1-2H3. The molecule has 1 saturated carbocycles. The number of ether oxygens (including phenoxy) is 1. The zero-order valence-corrected chi connectivity index (χ0v) is 11.2. The molecule has 1 unspecified atom stereocenters. The molecule has 1 fully saturated rings. The Morgan fingerprint density at radius 2 is 2.06 bits per heavy atom. The lowest BCUT2D eigenvalue weighted by atomic mass is 9.93. The van der Waals surface area contributed by atoms with E-state index in [9.17, 15) is 4.79 Å². The van der Waals surface area contributed by atoms with Crippen LogP contribution in [0, 0.1) is 0 Å². The summed E-state index contributed by atoms with van der Waals surface area (Å²) in [6.45, 7) is 3.23. The molecule has 0 bridgehead atoms. The Morgan fingerprint density at radius 1 is 1.41 bits per heavy atom. The number of amides is 1. The Bertz CT molecular complexity index is 227. The van der Waals surface area contributed by atoms with Gasteiger partial charge in [0.15, 0.2) is 0 Å². The zero-order valence-electron chi connectivity index (χ0n) is 11.2. The third kappa shape index (κ3) is 4.28. The minimum absolute atomic E-state index is 0.118. The topological polar surface area (TPSA) is 55.6 Å². The number of hydrogen-bond acceptors (Lipinski definition) is 3. The van der Waals surface area contributed by atoms with Crippen molar-refractivity contribution in [2.24, 2.45) is 5.73 Å². The molecular formula is C13H26N2O2. The van der Waals surface area contributed by atoms with E-state index in [1.807, 2.05) is 11.8 Å². The number of nitrogens with two attached hydrogens (primary N) is 1. The third-order valence-electron chi connectivity index (χ3n) is 3.60. The van der Waals surface area contributed by atoms with Crippen LogP contribution >= 0.6 is 0 Å². The van der Waals surface area contributed by atoms with Gasteiger partial charge in [0.1, 0.15) is 6.10 Å². The third-order valence-corrected chi connectivity index (χ3v) is 3.60. The Hall–Kier alpha value is -0.610. The maximum Gasteiger partial charge on any atom is 0.251 e. The number of carbonyl (C=O) groups excluding carboxylic acids is 1. The molecule has 1 amide bonds. The lowest BCUT2D eigenvalue weighted by Crippen LogP contribution is -2.47. The van der Waals surface area contributed by atoms with Crippen molar-refractivity contribution in [1.29, 1.82) is 0 Å². The van der Waals surface area contributed by atoms with Gasteiger partial charge in [-0.2, -0.15) is 0 Å². The van der Waals surface area contributed by atoms with Crippen LogP contribution in [0.5, 0.6) is 0 Å². The number of carbonyl (C=O) groups is 1. The second-order valence-corrected chi connectivity index (χ2v) is 4.84. The Kier molecular flexibility index (Phi) is 6.52. The summed E-state index contributed by atoms with van der Waals surface area (Å²) >= 11 is 0. The molecule has 17 heavy (non-hydrogen) atoms. The Morgan fingerprint density at radius 3 is 2.59 bits per heavy atom. The van der Waals surface area contributed by atoms with Gasteiger partial charge in [0.2, 0.25) is 0 Å². The molecule has 0 saturated heterocycles. The predicted octanol–water partition coefficient (Wildman–Crippen LogP) is 1.53. The molecule has 1 aliphatic rings. The lowest BCUT2D eigenvalue weighted by Gasteiger charge is -2.35. The average Bonchev–Trinajstić information content (AvgIpc) is 2.39. The second kappa shape index (κ2) is 7.67. The first-order valence-corrected chi connectivity index (χ1v) is 6.74. The van der Waals surface area contributed by atoms with E-state index in [2.05, 4.69) is 0 Å². The van der Waals surface area contributed by atoms with Gasteiger partial charge in [0.25, 0.3) is 5.91 Å². The summed E-state index contributed by atoms with van der Waals surface area (Å²) in [6, 6.07) is 0.403. The van der Waals surface area contributed by atoms with Crippen molar-refractivity contribution in [1.82, 2.24) is 4.90 Å². The van der Waals surface area contributed by atoms with E-state index in [0.717, 1.165) is 25.8 Å². The van der Waals surface area contributed by atoms with Crippen molar-refractivity contribution < 1.29 is 9.53 Å². The highest BCUT2D eigenvalue weighted by molar-refractivity contribution is 5.80. The minimum Gasteiger partial charge on any atom is -0.372 e. The zero-order chi connectivity index (χ0) is 12.7. The van der Waals surface area contributed by atoms with Crippen molar-refractivity contribution in [3.05, 3.63) is 0 Å². The van der Waals surface area contributed by atoms with Crippen molar-refractivity contribution in [2.45, 2.75) is 57.6 Å². The highest BCUT2D eigenvalue weighted by atomic mass is 16.5. The summed E-state index contributed by atoms with van der Waals surface area (Å²) in [6.07, 6.45) is 6.57. The number of methoxy groups -OCH3 is 1. The predicted molar refractivity (Wildman–Crippen MR) is 68.7 cm³/mol. The van der Waals surface area contributed by atoms with Gasteiger partial charge in [0, 0.05) is 19.7 Å². The van der Waals surface area contributed by atoms with E-state index < -0.39 is 0 Å². The monoisotopic (exact) mass is 242 g/mol. The molecule has 0 aromatic heterocycles. The van der Waals surface area contributed by atoms with E-state index in [1.165, 1.54) is 19.3 Å². The van der Waals surface area contributed by atoms with Crippen molar-refractivity contribution in [2.75, 3.05) is 20.2 Å². The molecule has 0 radical (unpaired) electrons. The fourth-order valence-corrected chi connectivity index (χ4v) is 2.46. The molecule has 0 heterocycles. The van der Waals surface area contributed by atoms with E-state index >= 15 is 0 Å².